The number of aromatic nitrogens is 1. The number of aliphatic hydroxyl groups is 1. The van der Waals surface area contributed by atoms with Crippen LogP contribution in [-0.4, -0.2) is 66.6 Å². The highest BCUT2D eigenvalue weighted by atomic mass is 32.2. The van der Waals surface area contributed by atoms with Gasteiger partial charge in [0, 0.05) is 37.8 Å². The molecule has 0 unspecified atom stereocenters. The van der Waals surface area contributed by atoms with Crippen molar-refractivity contribution in [1.82, 2.24) is 14.2 Å². The Morgan fingerprint density at radius 2 is 2.12 bits per heavy atom. The first kappa shape index (κ1) is 24.9. The predicted octanol–water partition coefficient (Wildman–Crippen LogP) is 3.55. The van der Waals surface area contributed by atoms with E-state index in [4.69, 9.17) is 4.74 Å². The highest BCUT2D eigenvalue weighted by Gasteiger charge is 2.38. The summed E-state index contributed by atoms with van der Waals surface area (Å²) in [5, 5.41) is 9.82. The number of rotatable bonds is 7. The molecule has 0 saturated heterocycles. The predicted molar refractivity (Wildman–Crippen MR) is 133 cm³/mol. The van der Waals surface area contributed by atoms with Crippen LogP contribution in [0.3, 0.4) is 0 Å². The van der Waals surface area contributed by atoms with Gasteiger partial charge in [0.15, 0.2) is 0 Å². The molecule has 0 amide bonds. The van der Waals surface area contributed by atoms with Gasteiger partial charge < -0.3 is 9.84 Å². The number of sulfonamides is 1. The molecular formula is C26H35N3O4S. The lowest BCUT2D eigenvalue weighted by molar-refractivity contribution is 0.0730. The Labute approximate surface area is 203 Å². The highest BCUT2D eigenvalue weighted by Crippen LogP contribution is 2.37. The molecule has 34 heavy (non-hydrogen) atoms. The Bertz CT molecular complexity index is 1120. The SMILES string of the molecule is C[C@H]1CN([C@@H](C)CO)S(=O)(=O)c2ccc(C3=CCCC3)cc2O[C@H]1CN(C)Cc1ccccn1. The van der Waals surface area contributed by atoms with Crippen molar-refractivity contribution in [3.8, 4) is 5.75 Å². The van der Waals surface area contributed by atoms with Gasteiger partial charge in [-0.05, 0) is 68.6 Å². The summed E-state index contributed by atoms with van der Waals surface area (Å²) >= 11 is 0. The second-order valence-corrected chi connectivity index (χ2v) is 11.4. The fourth-order valence-electron chi connectivity index (χ4n) is 4.72. The third-order valence-electron chi connectivity index (χ3n) is 6.73. The van der Waals surface area contributed by atoms with E-state index >= 15 is 0 Å². The molecule has 0 saturated carbocycles. The van der Waals surface area contributed by atoms with E-state index in [2.05, 4.69) is 16.0 Å². The van der Waals surface area contributed by atoms with Crippen molar-refractivity contribution in [2.75, 3.05) is 26.7 Å². The van der Waals surface area contributed by atoms with Crippen molar-refractivity contribution in [2.24, 2.45) is 5.92 Å². The Morgan fingerprint density at radius 1 is 1.29 bits per heavy atom. The number of fused-ring (bicyclic) bond motifs is 1. The summed E-state index contributed by atoms with van der Waals surface area (Å²) < 4.78 is 35.2. The van der Waals surface area contributed by atoms with Crippen molar-refractivity contribution >= 4 is 15.6 Å². The van der Waals surface area contributed by atoms with E-state index in [-0.39, 0.29) is 30.1 Å². The van der Waals surface area contributed by atoms with Crippen molar-refractivity contribution in [3.63, 3.8) is 0 Å². The van der Waals surface area contributed by atoms with Crippen molar-refractivity contribution in [3.05, 3.63) is 59.9 Å². The topological polar surface area (TPSA) is 83.0 Å². The minimum atomic E-state index is -3.82. The molecule has 0 bridgehead atoms. The van der Waals surface area contributed by atoms with E-state index in [9.17, 15) is 13.5 Å². The number of benzene rings is 1. The number of pyridine rings is 1. The Balaban J connectivity index is 1.69. The van der Waals surface area contributed by atoms with Gasteiger partial charge in [0.05, 0.1) is 12.3 Å². The van der Waals surface area contributed by atoms with Gasteiger partial charge in [0.1, 0.15) is 16.7 Å². The van der Waals surface area contributed by atoms with E-state index in [1.165, 1.54) is 9.88 Å². The Kier molecular flexibility index (Phi) is 7.72. The summed E-state index contributed by atoms with van der Waals surface area (Å²) in [6.07, 6.45) is 6.93. The molecule has 1 N–H and O–H groups in total. The average molecular weight is 486 g/mol. The molecule has 2 aliphatic rings. The number of hydrogen-bond acceptors (Lipinski definition) is 6. The van der Waals surface area contributed by atoms with Gasteiger partial charge in [0.25, 0.3) is 0 Å². The minimum absolute atomic E-state index is 0.0857. The lowest BCUT2D eigenvalue weighted by Gasteiger charge is -2.37. The molecule has 0 spiro atoms. The van der Waals surface area contributed by atoms with Crippen LogP contribution >= 0.6 is 0 Å². The summed E-state index contributed by atoms with van der Waals surface area (Å²) in [5.41, 5.74) is 3.22. The molecule has 8 heteroatoms. The van der Waals surface area contributed by atoms with Crippen LogP contribution in [0.1, 0.15) is 44.4 Å². The standard InChI is InChI=1S/C26H35N3O4S/c1-19-15-29(20(2)18-30)34(31,32)26-12-11-22(21-8-4-5-9-21)14-24(26)33-25(19)17-28(3)16-23-10-6-7-13-27-23/h6-8,10-14,19-20,25,30H,4-5,9,15-18H2,1-3H3/t19-,20-,25-/m0/s1. The Hall–Kier alpha value is -2.26. The second kappa shape index (κ2) is 10.6. The zero-order chi connectivity index (χ0) is 24.3. The van der Waals surface area contributed by atoms with Gasteiger partial charge in [-0.3, -0.25) is 9.88 Å². The van der Waals surface area contributed by atoms with Gasteiger partial charge in [-0.15, -0.1) is 0 Å². The van der Waals surface area contributed by atoms with E-state index in [0.717, 1.165) is 30.5 Å². The van der Waals surface area contributed by atoms with Crippen molar-refractivity contribution in [1.29, 1.82) is 0 Å². The minimum Gasteiger partial charge on any atom is -0.487 e. The summed E-state index contributed by atoms with van der Waals surface area (Å²) in [5.74, 6) is 0.306. The van der Waals surface area contributed by atoms with E-state index in [0.29, 0.717) is 18.8 Å². The van der Waals surface area contributed by atoms with Gasteiger partial charge in [-0.25, -0.2) is 8.42 Å². The van der Waals surface area contributed by atoms with E-state index < -0.39 is 16.1 Å². The van der Waals surface area contributed by atoms with Crippen LogP contribution in [0, 0.1) is 5.92 Å². The van der Waals surface area contributed by atoms with Gasteiger partial charge in [0.2, 0.25) is 10.0 Å². The summed E-state index contributed by atoms with van der Waals surface area (Å²) in [6, 6.07) is 10.8. The maximum atomic E-state index is 13.6. The molecule has 1 aliphatic heterocycles. The van der Waals surface area contributed by atoms with Gasteiger partial charge in [-0.2, -0.15) is 4.31 Å². The number of aliphatic hydroxyl groups excluding tert-OH is 1. The lowest BCUT2D eigenvalue weighted by Crippen LogP contribution is -2.49. The first-order valence-corrected chi connectivity index (χ1v) is 13.4. The largest absolute Gasteiger partial charge is 0.487 e. The fourth-order valence-corrected chi connectivity index (χ4v) is 6.54. The van der Waals surface area contributed by atoms with Crippen molar-refractivity contribution in [2.45, 2.75) is 56.7 Å². The maximum absolute atomic E-state index is 13.6. The molecule has 4 rings (SSSR count). The van der Waals surface area contributed by atoms with E-state index in [1.807, 2.05) is 44.3 Å². The molecule has 184 valence electrons. The molecule has 0 fully saturated rings. The van der Waals surface area contributed by atoms with Crippen LogP contribution < -0.4 is 4.74 Å². The lowest BCUT2D eigenvalue weighted by atomic mass is 10.0. The summed E-state index contributed by atoms with van der Waals surface area (Å²) in [7, 11) is -1.80. The smallest absolute Gasteiger partial charge is 0.247 e. The van der Waals surface area contributed by atoms with E-state index in [1.54, 1.807) is 19.2 Å². The number of hydrogen-bond donors (Lipinski definition) is 1. The van der Waals surface area contributed by atoms with Crippen LogP contribution in [-0.2, 0) is 16.6 Å². The molecule has 1 aromatic carbocycles. The quantitative estimate of drug-likeness (QED) is 0.646. The molecule has 0 radical (unpaired) electrons. The number of likely N-dealkylation sites (N-methyl/N-ethyl adjacent to an activating group) is 1. The Morgan fingerprint density at radius 3 is 2.79 bits per heavy atom. The highest BCUT2D eigenvalue weighted by molar-refractivity contribution is 7.89. The van der Waals surface area contributed by atoms with Crippen LogP contribution in [0.25, 0.3) is 5.57 Å². The molecule has 2 aromatic rings. The monoisotopic (exact) mass is 485 g/mol. The molecular weight excluding hydrogens is 450 g/mol. The molecule has 1 aromatic heterocycles. The van der Waals surface area contributed by atoms with Crippen LogP contribution in [0.15, 0.2) is 53.6 Å². The molecule has 2 heterocycles. The van der Waals surface area contributed by atoms with Crippen molar-refractivity contribution < 1.29 is 18.3 Å². The summed E-state index contributed by atoms with van der Waals surface area (Å²) in [6.45, 7) is 5.08. The number of ether oxygens (including phenoxy) is 1. The van der Waals surface area contributed by atoms with Gasteiger partial charge >= 0.3 is 0 Å². The normalized spacial score (nSPS) is 23.5. The third-order valence-corrected chi connectivity index (χ3v) is 8.75. The maximum Gasteiger partial charge on any atom is 0.247 e. The summed E-state index contributed by atoms with van der Waals surface area (Å²) in [4.78, 5) is 6.74. The third kappa shape index (κ3) is 5.35. The van der Waals surface area contributed by atoms with Crippen LogP contribution in [0.5, 0.6) is 5.75 Å². The first-order chi connectivity index (χ1) is 16.3. The fraction of sp³-hybridized carbons (Fsp3) is 0.500. The van der Waals surface area contributed by atoms with Gasteiger partial charge in [-0.1, -0.05) is 25.1 Å². The van der Waals surface area contributed by atoms with Crippen LogP contribution in [0.2, 0.25) is 0 Å². The number of allylic oxidation sites excluding steroid dienone is 2. The second-order valence-electron chi connectivity index (χ2n) is 9.54. The molecule has 3 atom stereocenters. The molecule has 7 nitrogen and oxygen atoms in total. The average Bonchev–Trinajstić information content (AvgIpc) is 3.36. The first-order valence-electron chi connectivity index (χ1n) is 12.0. The molecule has 1 aliphatic carbocycles. The van der Waals surface area contributed by atoms with Crippen LogP contribution in [0.4, 0.5) is 0 Å². The zero-order valence-electron chi connectivity index (χ0n) is 20.2. The zero-order valence-corrected chi connectivity index (χ0v) is 21.0. The number of nitrogens with zero attached hydrogens (tertiary/aromatic N) is 3.